The van der Waals surface area contributed by atoms with Crippen molar-refractivity contribution in [3.05, 3.63) is 75.5 Å². The summed E-state index contributed by atoms with van der Waals surface area (Å²) in [5.74, 6) is 1.50. The van der Waals surface area contributed by atoms with Crippen molar-refractivity contribution in [3.63, 3.8) is 0 Å². The van der Waals surface area contributed by atoms with Gasteiger partial charge in [0, 0.05) is 22.0 Å². The number of nitrogens with zero attached hydrogens (tertiary/aromatic N) is 1. The number of nitrogens with one attached hydrogen (secondary N) is 1. The second kappa shape index (κ2) is 6.32. The summed E-state index contributed by atoms with van der Waals surface area (Å²) in [7, 11) is 0. The van der Waals surface area contributed by atoms with Gasteiger partial charge in [0.2, 0.25) is 6.79 Å². The number of ether oxygens (including phenoxy) is 2. The number of fused-ring (bicyclic) bond motifs is 2. The molecule has 0 spiro atoms. The number of aryl methyl sites for hydroxylation is 1. The number of amides is 1. The smallest absolute Gasteiger partial charge is 0.258 e. The van der Waals surface area contributed by atoms with E-state index in [4.69, 9.17) is 9.47 Å². The molecule has 0 bridgehead atoms. The number of hydrogen-bond acceptors (Lipinski definition) is 5. The predicted octanol–water partition coefficient (Wildman–Crippen LogP) is 4.55. The van der Waals surface area contributed by atoms with Crippen molar-refractivity contribution in [1.29, 1.82) is 0 Å². The zero-order chi connectivity index (χ0) is 18.4. The molecule has 2 aliphatic rings. The molecule has 5 rings (SSSR count). The summed E-state index contributed by atoms with van der Waals surface area (Å²) in [6.07, 6.45) is -0.198. The molecule has 6 heteroatoms. The highest BCUT2D eigenvalue weighted by atomic mass is 32.1. The Morgan fingerprint density at radius 3 is 2.81 bits per heavy atom. The molecular formula is C21H18N2O3S. The molecule has 3 aromatic rings. The van der Waals surface area contributed by atoms with E-state index in [1.165, 1.54) is 4.88 Å². The van der Waals surface area contributed by atoms with E-state index in [9.17, 15) is 4.79 Å². The van der Waals surface area contributed by atoms with E-state index in [0.29, 0.717) is 12.1 Å². The van der Waals surface area contributed by atoms with E-state index in [-0.39, 0.29) is 18.9 Å². The average Bonchev–Trinajstić information content (AvgIpc) is 3.32. The summed E-state index contributed by atoms with van der Waals surface area (Å²) in [6.45, 7) is 2.81. The molecule has 1 aromatic heterocycles. The van der Waals surface area contributed by atoms with Crippen LogP contribution >= 0.6 is 11.3 Å². The lowest BCUT2D eigenvalue weighted by Gasteiger charge is -2.37. The van der Waals surface area contributed by atoms with Gasteiger partial charge >= 0.3 is 0 Å². The van der Waals surface area contributed by atoms with Crippen molar-refractivity contribution >= 4 is 22.9 Å². The van der Waals surface area contributed by atoms with Crippen LogP contribution in [0, 0.1) is 6.92 Å². The Hall–Kier alpha value is -2.99. The Balaban J connectivity index is 1.53. The molecular weight excluding hydrogens is 360 g/mol. The molecule has 0 saturated heterocycles. The molecule has 0 radical (unpaired) electrons. The van der Waals surface area contributed by atoms with Crippen LogP contribution in [0.2, 0.25) is 0 Å². The van der Waals surface area contributed by atoms with Gasteiger partial charge in [0.1, 0.15) is 6.17 Å². The average molecular weight is 378 g/mol. The van der Waals surface area contributed by atoms with Crippen LogP contribution in [0.5, 0.6) is 11.5 Å². The third kappa shape index (κ3) is 2.82. The molecule has 0 aliphatic carbocycles. The first kappa shape index (κ1) is 16.2. The number of carbonyl (C=O) groups excluding carboxylic acids is 1. The largest absolute Gasteiger partial charge is 0.454 e. The van der Waals surface area contributed by atoms with Crippen molar-refractivity contribution in [1.82, 2.24) is 4.90 Å². The van der Waals surface area contributed by atoms with E-state index in [2.05, 4.69) is 24.4 Å². The monoisotopic (exact) mass is 378 g/mol. The maximum atomic E-state index is 13.3. The Morgan fingerprint density at radius 2 is 1.96 bits per heavy atom. The van der Waals surface area contributed by atoms with Crippen LogP contribution in [0.3, 0.4) is 0 Å². The first-order valence-electron chi connectivity index (χ1n) is 8.80. The van der Waals surface area contributed by atoms with Gasteiger partial charge in [0.25, 0.3) is 5.91 Å². The van der Waals surface area contributed by atoms with Gasteiger partial charge in [-0.2, -0.15) is 0 Å². The van der Waals surface area contributed by atoms with Crippen LogP contribution in [-0.2, 0) is 6.54 Å². The molecule has 1 atom stereocenters. The molecule has 27 heavy (non-hydrogen) atoms. The number of thiophene rings is 1. The summed E-state index contributed by atoms with van der Waals surface area (Å²) in [5, 5.41) is 3.54. The maximum Gasteiger partial charge on any atom is 0.258 e. The molecule has 0 unspecified atom stereocenters. The van der Waals surface area contributed by atoms with Crippen molar-refractivity contribution in [3.8, 4) is 11.5 Å². The fourth-order valence-corrected chi connectivity index (χ4v) is 4.46. The number of para-hydroxylation sites is 1. The van der Waals surface area contributed by atoms with Gasteiger partial charge in [-0.05, 0) is 48.9 Å². The number of hydrogen-bond donors (Lipinski definition) is 1. The highest BCUT2D eigenvalue weighted by molar-refractivity contribution is 7.12. The van der Waals surface area contributed by atoms with E-state index in [1.54, 1.807) is 11.3 Å². The topological polar surface area (TPSA) is 50.8 Å². The molecule has 1 N–H and O–H groups in total. The zero-order valence-corrected chi connectivity index (χ0v) is 15.6. The molecule has 2 aliphatic heterocycles. The standard InChI is InChI=1S/C21H18N2O3S/c1-13-6-9-19(27-13)20-22-16-5-3-2-4-15(16)21(24)23(20)11-14-7-8-17-18(10-14)26-12-25-17/h2-10,20,22H,11-12H2,1H3/t20-/m1/s1. The Bertz CT molecular complexity index is 1030. The minimum atomic E-state index is -0.198. The van der Waals surface area contributed by atoms with E-state index in [1.807, 2.05) is 47.4 Å². The van der Waals surface area contributed by atoms with Crippen LogP contribution < -0.4 is 14.8 Å². The minimum absolute atomic E-state index is 0.0260. The van der Waals surface area contributed by atoms with Gasteiger partial charge in [-0.3, -0.25) is 4.79 Å². The Labute approximate surface area is 161 Å². The maximum absolute atomic E-state index is 13.3. The summed E-state index contributed by atoms with van der Waals surface area (Å²) in [4.78, 5) is 17.5. The lowest BCUT2D eigenvalue weighted by Crippen LogP contribution is -2.42. The summed E-state index contributed by atoms with van der Waals surface area (Å²) >= 11 is 1.70. The lowest BCUT2D eigenvalue weighted by molar-refractivity contribution is 0.0669. The molecule has 0 fully saturated rings. The van der Waals surface area contributed by atoms with Gasteiger partial charge in [-0.1, -0.05) is 18.2 Å². The molecule has 5 nitrogen and oxygen atoms in total. The number of benzene rings is 2. The van der Waals surface area contributed by atoms with Crippen molar-refractivity contribution in [2.24, 2.45) is 0 Å². The van der Waals surface area contributed by atoms with Gasteiger partial charge in [0.05, 0.1) is 5.56 Å². The molecule has 1 amide bonds. The third-order valence-corrected chi connectivity index (χ3v) is 5.90. The first-order chi connectivity index (χ1) is 13.2. The van der Waals surface area contributed by atoms with E-state index >= 15 is 0 Å². The molecule has 0 saturated carbocycles. The van der Waals surface area contributed by atoms with Crippen LogP contribution in [0.15, 0.2) is 54.6 Å². The van der Waals surface area contributed by atoms with Crippen LogP contribution in [0.25, 0.3) is 0 Å². The second-order valence-corrected chi connectivity index (χ2v) is 7.98. The third-order valence-electron chi connectivity index (χ3n) is 4.84. The molecule has 2 aromatic carbocycles. The summed E-state index contributed by atoms with van der Waals surface area (Å²) in [5.41, 5.74) is 2.58. The Morgan fingerprint density at radius 1 is 1.11 bits per heavy atom. The van der Waals surface area contributed by atoms with E-state index in [0.717, 1.165) is 27.6 Å². The highest BCUT2D eigenvalue weighted by Crippen LogP contribution is 2.38. The van der Waals surface area contributed by atoms with Crippen LogP contribution in [-0.4, -0.2) is 17.6 Å². The van der Waals surface area contributed by atoms with E-state index < -0.39 is 0 Å². The normalized spacial score (nSPS) is 17.6. The molecule has 136 valence electrons. The number of anilines is 1. The Kier molecular flexibility index (Phi) is 3.79. The van der Waals surface area contributed by atoms with Crippen molar-refractivity contribution in [2.45, 2.75) is 19.6 Å². The minimum Gasteiger partial charge on any atom is -0.454 e. The molecule has 3 heterocycles. The lowest BCUT2D eigenvalue weighted by atomic mass is 10.1. The quantitative estimate of drug-likeness (QED) is 0.726. The van der Waals surface area contributed by atoms with Crippen LogP contribution in [0.4, 0.5) is 5.69 Å². The van der Waals surface area contributed by atoms with Crippen molar-refractivity contribution < 1.29 is 14.3 Å². The van der Waals surface area contributed by atoms with Gasteiger partial charge in [-0.15, -0.1) is 11.3 Å². The highest BCUT2D eigenvalue weighted by Gasteiger charge is 2.33. The number of carbonyl (C=O) groups is 1. The van der Waals surface area contributed by atoms with Crippen LogP contribution in [0.1, 0.15) is 31.8 Å². The predicted molar refractivity (Wildman–Crippen MR) is 104 cm³/mol. The zero-order valence-electron chi connectivity index (χ0n) is 14.8. The van der Waals surface area contributed by atoms with Gasteiger partial charge in [0.15, 0.2) is 11.5 Å². The SMILES string of the molecule is Cc1ccc([C@@H]2Nc3ccccc3C(=O)N2Cc2ccc3c(c2)OCO3)s1. The fourth-order valence-electron chi connectivity index (χ4n) is 3.52. The van der Waals surface area contributed by atoms with Gasteiger partial charge < -0.3 is 19.7 Å². The van der Waals surface area contributed by atoms with Crippen molar-refractivity contribution in [2.75, 3.05) is 12.1 Å². The summed E-state index contributed by atoms with van der Waals surface area (Å²) in [6, 6.07) is 17.7. The summed E-state index contributed by atoms with van der Waals surface area (Å²) < 4.78 is 10.9. The fraction of sp³-hybridized carbons (Fsp3) is 0.190. The second-order valence-electron chi connectivity index (χ2n) is 6.66. The first-order valence-corrected chi connectivity index (χ1v) is 9.62. The number of rotatable bonds is 3. The van der Waals surface area contributed by atoms with Gasteiger partial charge in [-0.25, -0.2) is 0 Å².